The molecule has 0 bridgehead atoms. The van der Waals surface area contributed by atoms with Gasteiger partial charge in [0.2, 0.25) is 0 Å². The molecule has 0 atom stereocenters. The number of phenolic OH excluding ortho intramolecular Hbond substituents is 1. The summed E-state index contributed by atoms with van der Waals surface area (Å²) in [4.78, 5) is 30.4. The molecule has 0 aliphatic heterocycles. The Morgan fingerprint density at radius 1 is 0.781 bits per heavy atom. The smallest absolute Gasteiger partial charge is 0.196 e. The van der Waals surface area contributed by atoms with Gasteiger partial charge in [0, 0.05) is 40.7 Å². The molecule has 0 heterocycles. The van der Waals surface area contributed by atoms with Crippen molar-refractivity contribution in [2.75, 3.05) is 18.4 Å². The van der Waals surface area contributed by atoms with Crippen molar-refractivity contribution in [1.29, 1.82) is 0 Å². The van der Waals surface area contributed by atoms with Crippen LogP contribution in [0.3, 0.4) is 0 Å². The zero-order valence-electron chi connectivity index (χ0n) is 17.2. The molecule has 0 fully saturated rings. The Labute approximate surface area is 185 Å². The largest absolute Gasteiger partial charge is 0.507 e. The Morgan fingerprint density at radius 2 is 1.50 bits per heavy atom. The Morgan fingerprint density at radius 3 is 2.34 bits per heavy atom. The number of ketones is 2. The van der Waals surface area contributed by atoms with Crippen molar-refractivity contribution in [3.63, 3.8) is 0 Å². The van der Waals surface area contributed by atoms with Crippen LogP contribution < -0.4 is 5.32 Å². The van der Waals surface area contributed by atoms with Crippen LogP contribution in [0.5, 0.6) is 5.75 Å². The first-order valence-corrected chi connectivity index (χ1v) is 10.4. The van der Waals surface area contributed by atoms with Crippen molar-refractivity contribution in [2.24, 2.45) is 4.99 Å². The van der Waals surface area contributed by atoms with Crippen LogP contribution in [0.1, 0.15) is 37.4 Å². The lowest BCUT2D eigenvalue weighted by molar-refractivity contribution is 0.0979. The maximum atomic E-state index is 13.1. The van der Waals surface area contributed by atoms with Crippen molar-refractivity contribution in [1.82, 2.24) is 0 Å². The molecule has 5 nitrogen and oxygen atoms in total. The number of nitrogens with zero attached hydrogens (tertiary/aromatic N) is 1. The van der Waals surface area contributed by atoms with Crippen LogP contribution in [-0.4, -0.2) is 36.0 Å². The fourth-order valence-corrected chi connectivity index (χ4v) is 4.12. The first-order valence-electron chi connectivity index (χ1n) is 10.4. The molecule has 0 radical (unpaired) electrons. The van der Waals surface area contributed by atoms with E-state index in [9.17, 15) is 14.7 Å². The Balaban J connectivity index is 1.34. The van der Waals surface area contributed by atoms with Crippen LogP contribution in [0.25, 0.3) is 10.8 Å². The number of anilines is 1. The van der Waals surface area contributed by atoms with Gasteiger partial charge in [-0.2, -0.15) is 0 Å². The summed E-state index contributed by atoms with van der Waals surface area (Å²) in [5, 5.41) is 15.4. The topological polar surface area (TPSA) is 78.8 Å². The van der Waals surface area contributed by atoms with Crippen LogP contribution in [-0.2, 0) is 0 Å². The van der Waals surface area contributed by atoms with Crippen LogP contribution in [0.15, 0.2) is 83.9 Å². The normalized spacial score (nSPS) is 12.8. The van der Waals surface area contributed by atoms with Gasteiger partial charge >= 0.3 is 0 Å². The van der Waals surface area contributed by atoms with Gasteiger partial charge in [0.15, 0.2) is 11.6 Å². The van der Waals surface area contributed by atoms with Crippen molar-refractivity contribution >= 4 is 34.2 Å². The molecule has 2 N–H and O–H groups in total. The first-order chi connectivity index (χ1) is 15.6. The van der Waals surface area contributed by atoms with Crippen LogP contribution >= 0.6 is 0 Å². The summed E-state index contributed by atoms with van der Waals surface area (Å²) in [6.07, 6.45) is 1.67. The molecule has 4 aromatic rings. The third-order valence-corrected chi connectivity index (χ3v) is 5.68. The lowest BCUT2D eigenvalue weighted by atomic mass is 9.83. The van der Waals surface area contributed by atoms with Gasteiger partial charge in [-0.3, -0.25) is 14.6 Å². The summed E-state index contributed by atoms with van der Waals surface area (Å²) in [5.41, 5.74) is 3.01. The highest BCUT2D eigenvalue weighted by Gasteiger charge is 2.31. The molecule has 32 heavy (non-hydrogen) atoms. The molecule has 0 spiro atoms. The second-order valence-electron chi connectivity index (χ2n) is 7.61. The maximum Gasteiger partial charge on any atom is 0.196 e. The predicted molar refractivity (Wildman–Crippen MR) is 126 cm³/mol. The quantitative estimate of drug-likeness (QED) is 0.315. The minimum absolute atomic E-state index is 0.136. The number of carbonyl (C=O) groups is 2. The minimum Gasteiger partial charge on any atom is -0.507 e. The average Bonchev–Trinajstić information content (AvgIpc) is 2.83. The monoisotopic (exact) mass is 420 g/mol. The molecule has 0 aromatic heterocycles. The van der Waals surface area contributed by atoms with Gasteiger partial charge in [0.25, 0.3) is 0 Å². The fraction of sp³-hybridized carbons (Fsp3) is 0.0741. The van der Waals surface area contributed by atoms with Crippen LogP contribution in [0, 0.1) is 0 Å². The van der Waals surface area contributed by atoms with Crippen molar-refractivity contribution in [3.8, 4) is 5.75 Å². The van der Waals surface area contributed by atoms with Gasteiger partial charge in [-0.15, -0.1) is 0 Å². The zero-order valence-corrected chi connectivity index (χ0v) is 17.2. The number of benzene rings is 4. The standard InChI is InChI=1S/C27H20N2O3/c30-24-13-12-17-6-1-2-7-18(17)22(24)16-28-14-15-29-23-11-5-10-21-25(23)27(32)20-9-4-3-8-19(20)26(21)31/h1-13,16,29-30H,14-15H2. The number of aliphatic imine (C=N–C) groups is 1. The number of fused-ring (bicyclic) bond motifs is 3. The van der Waals surface area contributed by atoms with E-state index < -0.39 is 0 Å². The van der Waals surface area contributed by atoms with Gasteiger partial charge < -0.3 is 10.4 Å². The average molecular weight is 420 g/mol. The van der Waals surface area contributed by atoms with E-state index in [1.165, 1.54) is 0 Å². The van der Waals surface area contributed by atoms with Gasteiger partial charge in [-0.25, -0.2) is 0 Å². The van der Waals surface area contributed by atoms with E-state index in [2.05, 4.69) is 10.3 Å². The number of carbonyl (C=O) groups excluding carboxylic acids is 2. The second-order valence-corrected chi connectivity index (χ2v) is 7.61. The molecule has 0 saturated carbocycles. The predicted octanol–water partition coefficient (Wildman–Crippen LogP) is 4.85. The number of hydrogen-bond donors (Lipinski definition) is 2. The molecule has 1 aliphatic carbocycles. The highest BCUT2D eigenvalue weighted by molar-refractivity contribution is 6.30. The number of aromatic hydroxyl groups is 1. The highest BCUT2D eigenvalue weighted by atomic mass is 16.3. The van der Waals surface area contributed by atoms with Crippen molar-refractivity contribution in [2.45, 2.75) is 0 Å². The molecule has 4 aromatic carbocycles. The molecule has 0 saturated heterocycles. The van der Waals surface area contributed by atoms with E-state index in [0.29, 0.717) is 46.6 Å². The van der Waals surface area contributed by atoms with Gasteiger partial charge in [0.05, 0.1) is 12.1 Å². The number of phenols is 1. The van der Waals surface area contributed by atoms with Crippen LogP contribution in [0.4, 0.5) is 5.69 Å². The van der Waals surface area contributed by atoms with Gasteiger partial charge in [-0.05, 0) is 22.9 Å². The maximum absolute atomic E-state index is 13.1. The minimum atomic E-state index is -0.150. The Bertz CT molecular complexity index is 1410. The lowest BCUT2D eigenvalue weighted by Gasteiger charge is -2.20. The van der Waals surface area contributed by atoms with E-state index in [1.807, 2.05) is 30.3 Å². The van der Waals surface area contributed by atoms with E-state index >= 15 is 0 Å². The molecule has 0 unspecified atom stereocenters. The number of hydrogen-bond acceptors (Lipinski definition) is 5. The molecular weight excluding hydrogens is 400 g/mol. The zero-order chi connectivity index (χ0) is 22.1. The molecule has 156 valence electrons. The van der Waals surface area contributed by atoms with E-state index in [0.717, 1.165) is 10.8 Å². The molecule has 5 rings (SSSR count). The summed E-state index contributed by atoms with van der Waals surface area (Å²) in [6, 6.07) is 23.5. The molecule has 5 heteroatoms. The summed E-state index contributed by atoms with van der Waals surface area (Å²) < 4.78 is 0. The number of rotatable bonds is 5. The van der Waals surface area contributed by atoms with Crippen molar-refractivity contribution < 1.29 is 14.7 Å². The summed E-state index contributed by atoms with van der Waals surface area (Å²) in [5.74, 6) is -0.105. The highest BCUT2D eigenvalue weighted by Crippen LogP contribution is 2.32. The Kier molecular flexibility index (Phi) is 5.00. The third kappa shape index (κ3) is 3.34. The van der Waals surface area contributed by atoms with E-state index in [4.69, 9.17) is 0 Å². The molecular formula is C27H20N2O3. The first kappa shape index (κ1) is 19.7. The fourth-order valence-electron chi connectivity index (χ4n) is 4.12. The third-order valence-electron chi connectivity index (χ3n) is 5.68. The summed E-state index contributed by atoms with van der Waals surface area (Å²) in [6.45, 7) is 0.909. The summed E-state index contributed by atoms with van der Waals surface area (Å²) >= 11 is 0. The number of nitrogens with one attached hydrogen (secondary N) is 1. The van der Waals surface area contributed by atoms with Crippen LogP contribution in [0.2, 0.25) is 0 Å². The molecule has 0 amide bonds. The van der Waals surface area contributed by atoms with Gasteiger partial charge in [-0.1, -0.05) is 66.7 Å². The summed E-state index contributed by atoms with van der Waals surface area (Å²) in [7, 11) is 0. The Hall–Kier alpha value is -4.25. The van der Waals surface area contributed by atoms with Gasteiger partial charge in [0.1, 0.15) is 5.75 Å². The van der Waals surface area contributed by atoms with E-state index in [1.54, 1.807) is 54.7 Å². The SMILES string of the molecule is O=C1c2ccccc2C(=O)c2c(NCCN=Cc3c(O)ccc4ccccc34)cccc21. The lowest BCUT2D eigenvalue weighted by Crippen LogP contribution is -2.22. The molecule has 1 aliphatic rings. The second kappa shape index (κ2) is 8.12. The van der Waals surface area contributed by atoms with Crippen molar-refractivity contribution in [3.05, 3.63) is 107 Å². The van der Waals surface area contributed by atoms with E-state index in [-0.39, 0.29) is 17.3 Å².